The van der Waals surface area contributed by atoms with Crippen molar-refractivity contribution in [1.82, 2.24) is 40.8 Å². The number of H-pyrrole nitrogens is 2. The highest BCUT2D eigenvalue weighted by molar-refractivity contribution is 5.92. The number of aromatic amines is 2. The Morgan fingerprint density at radius 2 is 1.53 bits per heavy atom. The average molecular weight is 809 g/mol. The molecule has 316 valence electrons. The van der Waals surface area contributed by atoms with Gasteiger partial charge in [-0.2, -0.15) is 0 Å². The monoisotopic (exact) mass is 808 g/mol. The van der Waals surface area contributed by atoms with Gasteiger partial charge in [0.1, 0.15) is 17.9 Å². The van der Waals surface area contributed by atoms with Crippen molar-refractivity contribution in [2.45, 2.75) is 90.1 Å². The molecule has 0 radical (unpaired) electrons. The Kier molecular flexibility index (Phi) is 16.8. The summed E-state index contributed by atoms with van der Waals surface area (Å²) in [6.07, 6.45) is 12.9. The maximum absolute atomic E-state index is 11.7. The van der Waals surface area contributed by atoms with Crippen LogP contribution in [0.1, 0.15) is 89.3 Å². The summed E-state index contributed by atoms with van der Waals surface area (Å²) < 4.78 is 8.80. The molecule has 0 bridgehead atoms. The zero-order valence-corrected chi connectivity index (χ0v) is 35.1. The molecule has 3 heterocycles. The summed E-state index contributed by atoms with van der Waals surface area (Å²) in [5.41, 5.74) is 6.51. The summed E-state index contributed by atoms with van der Waals surface area (Å²) in [6, 6.07) is 19.6. The Labute approximate surface area is 346 Å². The zero-order chi connectivity index (χ0) is 42.1. The van der Waals surface area contributed by atoms with Crippen LogP contribution in [0, 0.1) is 5.92 Å². The summed E-state index contributed by atoms with van der Waals surface area (Å²) in [6.45, 7) is 5.56. The van der Waals surface area contributed by atoms with Gasteiger partial charge in [0, 0.05) is 18.5 Å². The second-order valence-electron chi connectivity index (χ2n) is 14.9. The van der Waals surface area contributed by atoms with Crippen molar-refractivity contribution in [3.05, 3.63) is 72.4 Å². The molecule has 5 N–H and O–H groups in total. The molecule has 2 aromatic heterocycles. The molecule has 14 heteroatoms. The molecule has 3 fully saturated rings. The van der Waals surface area contributed by atoms with Gasteiger partial charge in [0.15, 0.2) is 0 Å². The third-order valence-corrected chi connectivity index (χ3v) is 10.3. The Bertz CT molecular complexity index is 2140. The van der Waals surface area contributed by atoms with Crippen LogP contribution in [-0.2, 0) is 25.5 Å². The summed E-state index contributed by atoms with van der Waals surface area (Å²) in [7, 11) is 4.72. The normalized spacial score (nSPS) is 15.9. The number of carbonyl (C=O) groups is 4. The van der Waals surface area contributed by atoms with E-state index < -0.39 is 12.2 Å². The molecule has 59 heavy (non-hydrogen) atoms. The summed E-state index contributed by atoms with van der Waals surface area (Å²) in [4.78, 5) is 62.6. The van der Waals surface area contributed by atoms with Crippen LogP contribution >= 0.6 is 0 Å². The van der Waals surface area contributed by atoms with Crippen molar-refractivity contribution in [3.8, 4) is 22.4 Å². The van der Waals surface area contributed by atoms with Gasteiger partial charge in [-0.1, -0.05) is 63.4 Å². The Morgan fingerprint density at radius 1 is 0.847 bits per heavy atom. The number of nitrogens with one attached hydrogen (secondary N) is 5. The van der Waals surface area contributed by atoms with Crippen LogP contribution in [0.4, 0.5) is 9.59 Å². The number of carbonyl (C=O) groups excluding carboxylic acids is 4. The minimum atomic E-state index is -0.621. The van der Waals surface area contributed by atoms with E-state index in [1.165, 1.54) is 61.8 Å². The van der Waals surface area contributed by atoms with Crippen LogP contribution in [0.5, 0.6) is 0 Å². The van der Waals surface area contributed by atoms with Gasteiger partial charge in [0.05, 0.1) is 55.8 Å². The Morgan fingerprint density at radius 3 is 2.17 bits per heavy atom. The van der Waals surface area contributed by atoms with Crippen molar-refractivity contribution in [3.63, 3.8) is 0 Å². The number of imidazole rings is 2. The van der Waals surface area contributed by atoms with Crippen molar-refractivity contribution >= 4 is 46.2 Å². The maximum Gasteiger partial charge on any atom is 0.407 e. The van der Waals surface area contributed by atoms with E-state index in [-0.39, 0.29) is 18.5 Å². The first-order valence-corrected chi connectivity index (χ1v) is 20.9. The van der Waals surface area contributed by atoms with Crippen molar-refractivity contribution in [2.75, 3.05) is 40.9 Å². The molecule has 3 amide bonds. The highest BCUT2D eigenvalue weighted by Crippen LogP contribution is 2.33. The van der Waals surface area contributed by atoms with E-state index in [2.05, 4.69) is 107 Å². The number of amides is 3. The molecule has 2 saturated carbocycles. The number of aldehydes is 1. The molecule has 1 aliphatic heterocycles. The summed E-state index contributed by atoms with van der Waals surface area (Å²) >= 11 is 0. The number of unbranched alkanes of at least 4 members (excludes halogenated alkanes) is 1. The first-order valence-electron chi connectivity index (χ1n) is 20.9. The molecule has 2 aliphatic carbocycles. The molecule has 5 aromatic rings. The van der Waals surface area contributed by atoms with E-state index in [4.69, 9.17) is 4.98 Å². The summed E-state index contributed by atoms with van der Waals surface area (Å²) in [5, 5.41) is 9.95. The SMILES string of the molecule is C1CC1.CC.COC(=O)NC(C=O)C1CC1.COC(=O)NCC(=O)NCCCCc1ncc(-c2ccc3cc(-c4ccc5nc(C6CCCN6C)[nH]c5c4)ccc3c2)[nH]1. The molecule has 8 rings (SSSR count). The predicted octanol–water partition coefficient (Wildman–Crippen LogP) is 7.85. The lowest BCUT2D eigenvalue weighted by atomic mass is 9.99. The fourth-order valence-corrected chi connectivity index (χ4v) is 6.70. The van der Waals surface area contributed by atoms with Crippen LogP contribution in [0.25, 0.3) is 44.2 Å². The largest absolute Gasteiger partial charge is 0.453 e. The average Bonchev–Trinajstić information content (AvgIpc) is 4.20. The smallest absolute Gasteiger partial charge is 0.407 e. The standard InChI is InChI=1S/C33H37N7O3.C7H11NO3.C3H6.C2H6/c1-40-15-5-6-29(40)32-38-26-13-12-24(18-27(26)39-32)22-8-9-23-17-25(11-10-21(23)16-22)28-19-35-30(37-28)7-3-4-14-34-31(41)20-36-33(42)43-2;1-11-7(10)8-6(4-9)5-2-3-5;1-2-3-1;1-2/h8-13,16-19,29H,3-7,14-15,20H2,1-2H3,(H,34,41)(H,35,37)(H,36,42)(H,38,39);4-6H,2-3H2,1H3,(H,8,10);1-3H2;1-2H3. The fraction of sp³-hybridized carbons (Fsp3) is 0.467. The van der Waals surface area contributed by atoms with Crippen LogP contribution < -0.4 is 16.0 Å². The van der Waals surface area contributed by atoms with E-state index in [0.29, 0.717) is 18.5 Å². The van der Waals surface area contributed by atoms with Gasteiger partial charge in [-0.05, 0) is 104 Å². The number of alkyl carbamates (subject to hydrolysis) is 2. The van der Waals surface area contributed by atoms with Crippen molar-refractivity contribution < 1.29 is 28.7 Å². The van der Waals surface area contributed by atoms with Crippen LogP contribution in [0.3, 0.4) is 0 Å². The quantitative estimate of drug-likeness (QED) is 0.0584. The van der Waals surface area contributed by atoms with Gasteiger partial charge in [-0.25, -0.2) is 19.6 Å². The van der Waals surface area contributed by atoms with E-state index in [1.54, 1.807) is 0 Å². The second kappa shape index (κ2) is 22.4. The molecule has 0 spiro atoms. The number of ether oxygens (including phenoxy) is 2. The van der Waals surface area contributed by atoms with Crippen molar-refractivity contribution in [1.29, 1.82) is 0 Å². The number of likely N-dealkylation sites (tertiary alicyclic amines) is 1. The highest BCUT2D eigenvalue weighted by Gasteiger charge is 2.32. The summed E-state index contributed by atoms with van der Waals surface area (Å²) in [5.74, 6) is 2.08. The number of aryl methyl sites for hydroxylation is 1. The number of hydrogen-bond donors (Lipinski definition) is 5. The third-order valence-electron chi connectivity index (χ3n) is 10.3. The molecule has 3 aromatic carbocycles. The third kappa shape index (κ3) is 13.4. The highest BCUT2D eigenvalue weighted by atomic mass is 16.5. The van der Waals surface area contributed by atoms with Gasteiger partial charge in [-0.3, -0.25) is 9.69 Å². The number of hydrogen-bond acceptors (Lipinski definition) is 9. The molecule has 14 nitrogen and oxygen atoms in total. The lowest BCUT2D eigenvalue weighted by Crippen LogP contribution is -2.37. The number of fused-ring (bicyclic) bond motifs is 2. The van der Waals surface area contributed by atoms with Gasteiger partial charge in [0.2, 0.25) is 5.91 Å². The lowest BCUT2D eigenvalue weighted by Gasteiger charge is -2.16. The molecule has 2 atom stereocenters. The van der Waals surface area contributed by atoms with Gasteiger partial charge < -0.3 is 40.2 Å². The molecule has 2 unspecified atom stereocenters. The number of rotatable bonds is 13. The number of nitrogens with zero attached hydrogens (tertiary/aromatic N) is 3. The van der Waals surface area contributed by atoms with Crippen LogP contribution in [-0.4, -0.2) is 96.2 Å². The molecular formula is C45H60N8O6. The molecular weight excluding hydrogens is 749 g/mol. The van der Waals surface area contributed by atoms with E-state index in [9.17, 15) is 19.2 Å². The first-order chi connectivity index (χ1) is 28.7. The predicted molar refractivity (Wildman–Crippen MR) is 231 cm³/mol. The van der Waals surface area contributed by atoms with Gasteiger partial charge in [-0.15, -0.1) is 0 Å². The molecule has 1 saturated heterocycles. The van der Waals surface area contributed by atoms with Gasteiger partial charge in [0.25, 0.3) is 0 Å². The fourth-order valence-electron chi connectivity index (χ4n) is 6.70. The number of methoxy groups -OCH3 is 2. The zero-order valence-electron chi connectivity index (χ0n) is 35.1. The maximum atomic E-state index is 11.7. The number of benzene rings is 3. The minimum Gasteiger partial charge on any atom is -0.453 e. The van der Waals surface area contributed by atoms with E-state index in [1.807, 2.05) is 20.0 Å². The van der Waals surface area contributed by atoms with Crippen molar-refractivity contribution in [2.24, 2.45) is 5.92 Å². The first kappa shape index (κ1) is 44.3. The van der Waals surface area contributed by atoms with E-state index >= 15 is 0 Å². The second-order valence-corrected chi connectivity index (χ2v) is 14.9. The Hall–Kier alpha value is -5.76. The van der Waals surface area contributed by atoms with Crippen LogP contribution in [0.15, 0.2) is 60.8 Å². The topological polar surface area (TPSA) is 183 Å². The molecule has 3 aliphatic rings. The Balaban J connectivity index is 0.000000347. The van der Waals surface area contributed by atoms with Gasteiger partial charge >= 0.3 is 12.2 Å². The minimum absolute atomic E-state index is 0.0957. The van der Waals surface area contributed by atoms with Crippen LogP contribution in [0.2, 0.25) is 0 Å². The van der Waals surface area contributed by atoms with E-state index in [0.717, 1.165) is 85.3 Å². The number of aromatic nitrogens is 4. The lowest BCUT2D eigenvalue weighted by molar-refractivity contribution is -0.120.